The molecular formula is C44H88O8. The standard InChI is InChI=1S/3C12H24O2.C8H16O2/c3*13-10-12(11-14)8-6-4-2-1-3-5-7-9-12;9-6-8(7-10)4-2-1-3-5-8/h3*13-14H,1-11H2;9-10H,1-7H2. The second-order valence-corrected chi connectivity index (χ2v) is 17.8. The fourth-order valence-corrected chi connectivity index (χ4v) is 8.79. The normalized spacial score (nSPS) is 24.5. The van der Waals surface area contributed by atoms with Gasteiger partial charge in [-0.25, -0.2) is 0 Å². The predicted octanol–water partition coefficient (Wildman–Crippen LogP) is 8.37. The number of hydrogen-bond donors (Lipinski definition) is 8. The number of hydrogen-bond acceptors (Lipinski definition) is 8. The van der Waals surface area contributed by atoms with E-state index in [1.54, 1.807) is 0 Å². The minimum Gasteiger partial charge on any atom is -0.396 e. The summed E-state index contributed by atoms with van der Waals surface area (Å²) in [5.41, 5.74) is -0.635. The molecule has 312 valence electrons. The zero-order valence-electron chi connectivity index (χ0n) is 33.9. The van der Waals surface area contributed by atoms with Crippen molar-refractivity contribution in [3.05, 3.63) is 0 Å². The highest BCUT2D eigenvalue weighted by atomic mass is 16.3. The first kappa shape index (κ1) is 49.7. The van der Waals surface area contributed by atoms with Gasteiger partial charge in [-0.2, -0.15) is 0 Å². The molecule has 0 aromatic rings. The van der Waals surface area contributed by atoms with Crippen molar-refractivity contribution in [1.82, 2.24) is 0 Å². The molecule has 0 spiro atoms. The van der Waals surface area contributed by atoms with Gasteiger partial charge in [0.15, 0.2) is 0 Å². The summed E-state index contributed by atoms with van der Waals surface area (Å²) >= 11 is 0. The quantitative estimate of drug-likeness (QED) is 0.123. The third-order valence-corrected chi connectivity index (χ3v) is 13.3. The Kier molecular flexibility index (Phi) is 29.5. The zero-order chi connectivity index (χ0) is 38.3. The maximum absolute atomic E-state index is 9.36. The lowest BCUT2D eigenvalue weighted by Gasteiger charge is -2.33. The van der Waals surface area contributed by atoms with Crippen LogP contribution < -0.4 is 0 Å². The van der Waals surface area contributed by atoms with Gasteiger partial charge in [-0.05, 0) is 51.4 Å². The summed E-state index contributed by atoms with van der Waals surface area (Å²) in [6, 6.07) is 0. The average molecular weight is 745 g/mol. The lowest BCUT2D eigenvalue weighted by Crippen LogP contribution is -2.31. The highest BCUT2D eigenvalue weighted by Crippen LogP contribution is 2.36. The molecule has 0 atom stereocenters. The molecule has 4 aliphatic rings. The van der Waals surface area contributed by atoms with E-state index in [2.05, 4.69) is 0 Å². The molecule has 0 aromatic carbocycles. The van der Waals surface area contributed by atoms with E-state index in [4.69, 9.17) is 10.2 Å². The second-order valence-electron chi connectivity index (χ2n) is 17.8. The topological polar surface area (TPSA) is 162 Å². The Morgan fingerprint density at radius 2 is 0.269 bits per heavy atom. The molecule has 4 aliphatic carbocycles. The van der Waals surface area contributed by atoms with Gasteiger partial charge < -0.3 is 40.9 Å². The van der Waals surface area contributed by atoms with E-state index < -0.39 is 0 Å². The Bertz CT molecular complexity index is 651. The minimum absolute atomic E-state index is 0.127. The molecule has 52 heavy (non-hydrogen) atoms. The van der Waals surface area contributed by atoms with E-state index in [0.717, 1.165) is 51.4 Å². The van der Waals surface area contributed by atoms with Crippen molar-refractivity contribution in [2.24, 2.45) is 21.7 Å². The molecule has 4 saturated carbocycles. The molecular weight excluding hydrogens is 656 g/mol. The van der Waals surface area contributed by atoms with E-state index >= 15 is 0 Å². The van der Waals surface area contributed by atoms with E-state index in [9.17, 15) is 30.6 Å². The van der Waals surface area contributed by atoms with Gasteiger partial charge in [0, 0.05) is 21.7 Å². The first-order valence-electron chi connectivity index (χ1n) is 22.2. The Labute approximate surface area is 320 Å². The summed E-state index contributed by atoms with van der Waals surface area (Å²) in [4.78, 5) is 0. The fraction of sp³-hybridized carbons (Fsp3) is 1.00. The van der Waals surface area contributed by atoms with E-state index in [1.165, 1.54) is 154 Å². The molecule has 0 radical (unpaired) electrons. The van der Waals surface area contributed by atoms with Crippen LogP contribution in [0, 0.1) is 21.7 Å². The Morgan fingerprint density at radius 1 is 0.173 bits per heavy atom. The van der Waals surface area contributed by atoms with Gasteiger partial charge in [0.05, 0.1) is 52.9 Å². The summed E-state index contributed by atoms with van der Waals surface area (Å²) in [6.45, 7) is 1.25. The maximum Gasteiger partial charge on any atom is 0.0509 e. The summed E-state index contributed by atoms with van der Waals surface area (Å²) in [6.07, 6.45) is 38.3. The molecule has 0 aromatic heterocycles. The van der Waals surface area contributed by atoms with Crippen molar-refractivity contribution in [2.75, 3.05) is 52.9 Å². The van der Waals surface area contributed by atoms with Gasteiger partial charge in [-0.1, -0.05) is 154 Å². The lowest BCUT2D eigenvalue weighted by molar-refractivity contribution is 0.0234. The highest BCUT2D eigenvalue weighted by Gasteiger charge is 2.31. The number of aliphatic hydroxyl groups excluding tert-OH is 8. The van der Waals surface area contributed by atoms with Crippen molar-refractivity contribution < 1.29 is 40.9 Å². The van der Waals surface area contributed by atoms with Gasteiger partial charge in [0.1, 0.15) is 0 Å². The van der Waals surface area contributed by atoms with Gasteiger partial charge >= 0.3 is 0 Å². The monoisotopic (exact) mass is 745 g/mol. The molecule has 4 rings (SSSR count). The van der Waals surface area contributed by atoms with Crippen LogP contribution in [0.15, 0.2) is 0 Å². The molecule has 8 heteroatoms. The predicted molar refractivity (Wildman–Crippen MR) is 214 cm³/mol. The molecule has 0 saturated heterocycles. The van der Waals surface area contributed by atoms with Crippen molar-refractivity contribution in [1.29, 1.82) is 0 Å². The first-order chi connectivity index (χ1) is 25.3. The average Bonchev–Trinajstić information content (AvgIpc) is 3.21. The summed E-state index contributed by atoms with van der Waals surface area (Å²) in [5.74, 6) is 0. The molecule has 0 heterocycles. The van der Waals surface area contributed by atoms with Crippen molar-refractivity contribution in [3.8, 4) is 0 Å². The van der Waals surface area contributed by atoms with Crippen molar-refractivity contribution >= 4 is 0 Å². The van der Waals surface area contributed by atoms with E-state index in [0.29, 0.717) is 0 Å². The van der Waals surface area contributed by atoms with Gasteiger partial charge in [0.25, 0.3) is 0 Å². The SMILES string of the molecule is OCC1(CO)CCCCC1.OCC1(CO)CCCCCCCCC1.OCC1(CO)CCCCCCCCC1.OCC1(CO)CCCCCCCCC1. The highest BCUT2D eigenvalue weighted by molar-refractivity contribution is 4.82. The van der Waals surface area contributed by atoms with Gasteiger partial charge in [-0.3, -0.25) is 0 Å². The van der Waals surface area contributed by atoms with Crippen LogP contribution in [0.1, 0.15) is 205 Å². The third-order valence-electron chi connectivity index (χ3n) is 13.3. The zero-order valence-corrected chi connectivity index (χ0v) is 33.9. The van der Waals surface area contributed by atoms with Gasteiger partial charge in [-0.15, -0.1) is 0 Å². The largest absolute Gasteiger partial charge is 0.396 e. The van der Waals surface area contributed by atoms with Crippen LogP contribution in [0.3, 0.4) is 0 Å². The van der Waals surface area contributed by atoms with Crippen LogP contribution in [-0.2, 0) is 0 Å². The summed E-state index contributed by atoms with van der Waals surface area (Å²) in [7, 11) is 0. The number of aliphatic hydroxyl groups is 8. The van der Waals surface area contributed by atoms with Crippen LogP contribution >= 0.6 is 0 Å². The molecule has 8 nitrogen and oxygen atoms in total. The van der Waals surface area contributed by atoms with Crippen LogP contribution in [0.4, 0.5) is 0 Å². The Morgan fingerprint density at radius 3 is 0.385 bits per heavy atom. The van der Waals surface area contributed by atoms with Crippen molar-refractivity contribution in [3.63, 3.8) is 0 Å². The lowest BCUT2D eigenvalue weighted by atomic mass is 9.75. The minimum atomic E-state index is -0.169. The third kappa shape index (κ3) is 20.6. The van der Waals surface area contributed by atoms with Crippen LogP contribution in [0.2, 0.25) is 0 Å². The molecule has 8 N–H and O–H groups in total. The van der Waals surface area contributed by atoms with Crippen LogP contribution in [0.25, 0.3) is 0 Å². The molecule has 0 aliphatic heterocycles. The van der Waals surface area contributed by atoms with Crippen molar-refractivity contribution in [2.45, 2.75) is 205 Å². The van der Waals surface area contributed by atoms with Crippen LogP contribution in [-0.4, -0.2) is 93.7 Å². The first-order valence-corrected chi connectivity index (χ1v) is 22.2. The molecule has 0 amide bonds. The van der Waals surface area contributed by atoms with E-state index in [1.807, 2.05) is 0 Å². The molecule has 0 unspecified atom stereocenters. The Balaban J connectivity index is 0.000000349. The maximum atomic E-state index is 9.36. The second kappa shape index (κ2) is 30.8. The fourth-order valence-electron chi connectivity index (χ4n) is 8.79. The molecule has 0 bridgehead atoms. The summed E-state index contributed by atoms with van der Waals surface area (Å²) < 4.78 is 0. The molecule has 4 fully saturated rings. The summed E-state index contributed by atoms with van der Waals surface area (Å²) in [5, 5.41) is 74.1. The number of rotatable bonds is 8. The van der Waals surface area contributed by atoms with Crippen LogP contribution in [0.5, 0.6) is 0 Å². The smallest absolute Gasteiger partial charge is 0.0509 e. The van der Waals surface area contributed by atoms with Gasteiger partial charge in [0.2, 0.25) is 0 Å². The van der Waals surface area contributed by atoms with E-state index in [-0.39, 0.29) is 74.5 Å². The Hall–Kier alpha value is -0.320.